The molecule has 0 aliphatic heterocycles. The number of halogens is 3. The van der Waals surface area contributed by atoms with Crippen LogP contribution in [0.2, 0.25) is 0 Å². The maximum Gasteiger partial charge on any atom is 0.390 e. The molecular weight excluding hydrogens is 221 g/mol. The number of benzene rings is 1. The largest absolute Gasteiger partial charge is 0.481 e. The zero-order chi connectivity index (χ0) is 12.3. The molecule has 0 radical (unpaired) electrons. The van der Waals surface area contributed by atoms with E-state index < -0.39 is 24.5 Å². The first-order chi connectivity index (χ1) is 7.31. The van der Waals surface area contributed by atoms with Gasteiger partial charge in [0.1, 0.15) is 0 Å². The van der Waals surface area contributed by atoms with E-state index in [4.69, 9.17) is 5.11 Å². The molecule has 0 amide bonds. The zero-order valence-corrected chi connectivity index (χ0v) is 8.58. The summed E-state index contributed by atoms with van der Waals surface area (Å²) in [6.45, 7) is 1.60. The van der Waals surface area contributed by atoms with Gasteiger partial charge in [-0.05, 0) is 18.1 Å². The van der Waals surface area contributed by atoms with Crippen LogP contribution in [0.4, 0.5) is 13.2 Å². The molecule has 0 saturated heterocycles. The number of aryl methyl sites for hydroxylation is 1. The van der Waals surface area contributed by atoms with Crippen molar-refractivity contribution in [3.05, 3.63) is 35.4 Å². The first-order valence-electron chi connectivity index (χ1n) is 4.66. The van der Waals surface area contributed by atoms with E-state index in [0.717, 1.165) is 0 Å². The van der Waals surface area contributed by atoms with Gasteiger partial charge in [0.05, 0.1) is 12.3 Å². The lowest BCUT2D eigenvalue weighted by Gasteiger charge is -2.16. The van der Waals surface area contributed by atoms with Crippen molar-refractivity contribution in [2.75, 3.05) is 0 Å². The standard InChI is InChI=1S/C11H11F3O2/c1-7-4-2-3-5-8(7)9(10(15)16)6-11(12,13)14/h2-5,9H,6H2,1H3,(H,15,16)/t9-/m1/s1. The van der Waals surface area contributed by atoms with Crippen molar-refractivity contribution in [2.24, 2.45) is 0 Å². The highest BCUT2D eigenvalue weighted by Gasteiger charge is 2.36. The molecule has 0 saturated carbocycles. The average Bonchev–Trinajstić information content (AvgIpc) is 2.13. The lowest BCUT2D eigenvalue weighted by molar-refractivity contribution is -0.157. The van der Waals surface area contributed by atoms with Gasteiger partial charge < -0.3 is 5.11 Å². The van der Waals surface area contributed by atoms with E-state index in [9.17, 15) is 18.0 Å². The number of carboxylic acid groups (broad SMARTS) is 1. The summed E-state index contributed by atoms with van der Waals surface area (Å²) in [6, 6.07) is 6.21. The third kappa shape index (κ3) is 3.25. The Bertz CT molecular complexity index is 385. The van der Waals surface area contributed by atoms with E-state index in [1.54, 1.807) is 19.1 Å². The van der Waals surface area contributed by atoms with E-state index in [-0.39, 0.29) is 5.56 Å². The van der Waals surface area contributed by atoms with Gasteiger partial charge in [-0.2, -0.15) is 13.2 Å². The van der Waals surface area contributed by atoms with Crippen LogP contribution in [0.5, 0.6) is 0 Å². The van der Waals surface area contributed by atoms with Crippen molar-refractivity contribution in [3.63, 3.8) is 0 Å². The Balaban J connectivity index is 3.04. The smallest absolute Gasteiger partial charge is 0.390 e. The number of carboxylic acids is 1. The van der Waals surface area contributed by atoms with Crippen LogP contribution in [-0.2, 0) is 4.79 Å². The topological polar surface area (TPSA) is 37.3 Å². The van der Waals surface area contributed by atoms with Gasteiger partial charge in [0.15, 0.2) is 0 Å². The number of rotatable bonds is 3. The quantitative estimate of drug-likeness (QED) is 0.869. The molecule has 0 aromatic heterocycles. The minimum Gasteiger partial charge on any atom is -0.481 e. The van der Waals surface area contributed by atoms with E-state index in [0.29, 0.717) is 5.56 Å². The molecule has 0 aliphatic rings. The zero-order valence-electron chi connectivity index (χ0n) is 8.58. The molecule has 0 unspecified atom stereocenters. The molecule has 0 bridgehead atoms. The van der Waals surface area contributed by atoms with Crippen molar-refractivity contribution < 1.29 is 23.1 Å². The molecule has 0 spiro atoms. The van der Waals surface area contributed by atoms with Crippen molar-refractivity contribution in [2.45, 2.75) is 25.4 Å². The van der Waals surface area contributed by atoms with E-state index in [2.05, 4.69) is 0 Å². The second-order valence-electron chi connectivity index (χ2n) is 3.57. The third-order valence-electron chi connectivity index (χ3n) is 2.30. The molecule has 1 rings (SSSR count). The van der Waals surface area contributed by atoms with Crippen molar-refractivity contribution in [1.82, 2.24) is 0 Å². The van der Waals surface area contributed by atoms with Crippen molar-refractivity contribution in [1.29, 1.82) is 0 Å². The summed E-state index contributed by atoms with van der Waals surface area (Å²) in [5.74, 6) is -2.98. The molecular formula is C11H11F3O2. The van der Waals surface area contributed by atoms with Gasteiger partial charge >= 0.3 is 12.1 Å². The molecule has 1 N–H and O–H groups in total. The minimum atomic E-state index is -4.48. The highest BCUT2D eigenvalue weighted by molar-refractivity contribution is 5.76. The van der Waals surface area contributed by atoms with Crippen LogP contribution in [0.25, 0.3) is 0 Å². The normalized spacial score (nSPS) is 13.5. The summed E-state index contributed by atoms with van der Waals surface area (Å²) >= 11 is 0. The van der Waals surface area contributed by atoms with Gasteiger partial charge in [0.25, 0.3) is 0 Å². The third-order valence-corrected chi connectivity index (χ3v) is 2.30. The van der Waals surface area contributed by atoms with Gasteiger partial charge in [-0.1, -0.05) is 24.3 Å². The number of alkyl halides is 3. The Morgan fingerprint density at radius 3 is 2.38 bits per heavy atom. The molecule has 1 aromatic rings. The Kier molecular flexibility index (Phi) is 3.57. The molecule has 0 heterocycles. The van der Waals surface area contributed by atoms with Gasteiger partial charge in [0.2, 0.25) is 0 Å². The maximum atomic E-state index is 12.2. The minimum absolute atomic E-state index is 0.215. The Hall–Kier alpha value is -1.52. The lowest BCUT2D eigenvalue weighted by atomic mass is 9.92. The lowest BCUT2D eigenvalue weighted by Crippen LogP contribution is -2.21. The van der Waals surface area contributed by atoms with Crippen LogP contribution in [-0.4, -0.2) is 17.3 Å². The van der Waals surface area contributed by atoms with Crippen LogP contribution in [0.3, 0.4) is 0 Å². The monoisotopic (exact) mass is 232 g/mol. The van der Waals surface area contributed by atoms with Gasteiger partial charge in [0, 0.05) is 0 Å². The molecule has 1 aromatic carbocycles. The van der Waals surface area contributed by atoms with E-state index in [1.165, 1.54) is 12.1 Å². The molecule has 16 heavy (non-hydrogen) atoms. The SMILES string of the molecule is Cc1ccccc1[C@@H](CC(F)(F)F)C(=O)O. The highest BCUT2D eigenvalue weighted by atomic mass is 19.4. The van der Waals surface area contributed by atoms with Gasteiger partial charge in [-0.25, -0.2) is 0 Å². The Morgan fingerprint density at radius 2 is 1.94 bits per heavy atom. The summed E-state index contributed by atoms with van der Waals surface area (Å²) in [6.07, 6.45) is -5.82. The number of aliphatic carboxylic acids is 1. The molecule has 5 heteroatoms. The van der Waals surface area contributed by atoms with Crippen LogP contribution >= 0.6 is 0 Å². The first-order valence-corrected chi connectivity index (χ1v) is 4.66. The fraction of sp³-hybridized carbons (Fsp3) is 0.364. The van der Waals surface area contributed by atoms with Crippen LogP contribution in [0.1, 0.15) is 23.5 Å². The predicted molar refractivity (Wildman–Crippen MR) is 52.2 cm³/mol. The van der Waals surface area contributed by atoms with Crippen LogP contribution < -0.4 is 0 Å². The summed E-state index contributed by atoms with van der Waals surface area (Å²) in [7, 11) is 0. The van der Waals surface area contributed by atoms with Crippen LogP contribution in [0, 0.1) is 6.92 Å². The number of carbonyl (C=O) groups is 1. The van der Waals surface area contributed by atoms with Gasteiger partial charge in [-0.15, -0.1) is 0 Å². The fourth-order valence-electron chi connectivity index (χ4n) is 1.54. The number of hydrogen-bond donors (Lipinski definition) is 1. The average molecular weight is 232 g/mol. The van der Waals surface area contributed by atoms with E-state index >= 15 is 0 Å². The summed E-state index contributed by atoms with van der Waals surface area (Å²) < 4.78 is 36.7. The summed E-state index contributed by atoms with van der Waals surface area (Å²) in [5, 5.41) is 8.81. The second kappa shape index (κ2) is 4.55. The molecule has 0 aliphatic carbocycles. The van der Waals surface area contributed by atoms with E-state index in [1.807, 2.05) is 0 Å². The summed E-state index contributed by atoms with van der Waals surface area (Å²) in [5.41, 5.74) is 0.770. The predicted octanol–water partition coefficient (Wildman–Crippen LogP) is 3.12. The summed E-state index contributed by atoms with van der Waals surface area (Å²) in [4.78, 5) is 10.8. The fourth-order valence-corrected chi connectivity index (χ4v) is 1.54. The highest BCUT2D eigenvalue weighted by Crippen LogP contribution is 2.32. The Labute approximate surface area is 90.7 Å². The molecule has 1 atom stereocenters. The van der Waals surface area contributed by atoms with Crippen LogP contribution in [0.15, 0.2) is 24.3 Å². The molecule has 2 nitrogen and oxygen atoms in total. The first kappa shape index (κ1) is 12.5. The van der Waals surface area contributed by atoms with Crippen molar-refractivity contribution in [3.8, 4) is 0 Å². The maximum absolute atomic E-state index is 12.2. The van der Waals surface area contributed by atoms with Gasteiger partial charge in [-0.3, -0.25) is 4.79 Å². The Morgan fingerprint density at radius 1 is 1.38 bits per heavy atom. The molecule has 88 valence electrons. The number of hydrogen-bond acceptors (Lipinski definition) is 1. The second-order valence-corrected chi connectivity index (χ2v) is 3.57. The molecule has 0 fully saturated rings. The van der Waals surface area contributed by atoms with Crippen molar-refractivity contribution >= 4 is 5.97 Å².